The minimum Gasteiger partial charge on any atom is -0.481 e. The number of amides is 2. The van der Waals surface area contributed by atoms with Crippen molar-refractivity contribution in [2.75, 3.05) is 13.1 Å². The van der Waals surface area contributed by atoms with Crippen LogP contribution in [-0.4, -0.2) is 45.8 Å². The summed E-state index contributed by atoms with van der Waals surface area (Å²) in [6, 6.07) is 7.54. The highest BCUT2D eigenvalue weighted by Crippen LogP contribution is 2.34. The van der Waals surface area contributed by atoms with E-state index in [0.717, 1.165) is 24.0 Å². The summed E-state index contributed by atoms with van der Waals surface area (Å²) in [4.78, 5) is 39.3. The molecule has 3 rings (SSSR count). The summed E-state index contributed by atoms with van der Waals surface area (Å²) >= 11 is 0. The molecule has 2 aliphatic heterocycles. The van der Waals surface area contributed by atoms with E-state index in [2.05, 4.69) is 0 Å². The van der Waals surface area contributed by atoms with Crippen molar-refractivity contribution in [2.45, 2.75) is 45.1 Å². The van der Waals surface area contributed by atoms with Crippen LogP contribution in [0.4, 0.5) is 0 Å². The first-order chi connectivity index (χ1) is 13.0. The number of benzene rings is 1. The van der Waals surface area contributed by atoms with Gasteiger partial charge in [-0.05, 0) is 42.4 Å². The van der Waals surface area contributed by atoms with Crippen molar-refractivity contribution < 1.29 is 19.5 Å². The first-order valence-electron chi connectivity index (χ1n) is 9.51. The summed E-state index contributed by atoms with van der Waals surface area (Å²) in [5.41, 5.74) is 2.02. The van der Waals surface area contributed by atoms with Crippen LogP contribution in [0.5, 0.6) is 0 Å². The molecule has 6 heteroatoms. The number of carbonyl (C=O) groups is 3. The molecule has 0 bridgehead atoms. The molecule has 2 amide bonds. The first-order valence-corrected chi connectivity index (χ1v) is 9.51. The molecule has 27 heavy (non-hydrogen) atoms. The Morgan fingerprint density at radius 3 is 2.74 bits per heavy atom. The van der Waals surface area contributed by atoms with Gasteiger partial charge in [-0.3, -0.25) is 14.4 Å². The summed E-state index contributed by atoms with van der Waals surface area (Å²) < 4.78 is 0. The number of aliphatic carboxylic acids is 1. The number of nitrogens with zero attached hydrogens (tertiary/aromatic N) is 2. The van der Waals surface area contributed by atoms with Crippen molar-refractivity contribution in [3.8, 4) is 0 Å². The van der Waals surface area contributed by atoms with Gasteiger partial charge in [-0.1, -0.05) is 24.3 Å². The van der Waals surface area contributed by atoms with E-state index in [9.17, 15) is 14.4 Å². The molecule has 144 valence electrons. The Hall–Kier alpha value is -2.63. The SMILES string of the molecule is CC(=O)N1C=Cc2ccccc2C1CC(=O)N1CCCC(CCC(=O)O)C1. The Bertz CT molecular complexity index is 758. The molecule has 1 aromatic carbocycles. The van der Waals surface area contributed by atoms with Gasteiger partial charge in [0.1, 0.15) is 0 Å². The fraction of sp³-hybridized carbons (Fsp3) is 0.476. The summed E-state index contributed by atoms with van der Waals surface area (Å²) in [5.74, 6) is -0.615. The minimum atomic E-state index is -0.791. The number of hydrogen-bond donors (Lipinski definition) is 1. The van der Waals surface area contributed by atoms with Gasteiger partial charge in [0.2, 0.25) is 11.8 Å². The molecular formula is C21H26N2O4. The maximum atomic E-state index is 13.0. The van der Waals surface area contributed by atoms with Crippen molar-refractivity contribution in [1.82, 2.24) is 9.80 Å². The Balaban J connectivity index is 1.70. The van der Waals surface area contributed by atoms with E-state index in [-0.39, 0.29) is 36.6 Å². The lowest BCUT2D eigenvalue weighted by Crippen LogP contribution is -2.42. The number of rotatable bonds is 5. The fourth-order valence-electron chi connectivity index (χ4n) is 4.06. The average Bonchev–Trinajstić information content (AvgIpc) is 2.66. The van der Waals surface area contributed by atoms with Crippen LogP contribution in [0.15, 0.2) is 30.5 Å². The summed E-state index contributed by atoms with van der Waals surface area (Å²) in [5, 5.41) is 8.89. The zero-order chi connectivity index (χ0) is 19.4. The zero-order valence-electron chi connectivity index (χ0n) is 15.6. The Kier molecular flexibility index (Phi) is 5.94. The molecule has 2 heterocycles. The van der Waals surface area contributed by atoms with Gasteiger partial charge in [0.25, 0.3) is 0 Å². The van der Waals surface area contributed by atoms with E-state index in [1.807, 2.05) is 35.2 Å². The highest BCUT2D eigenvalue weighted by molar-refractivity contribution is 5.82. The highest BCUT2D eigenvalue weighted by atomic mass is 16.4. The van der Waals surface area contributed by atoms with Crippen molar-refractivity contribution >= 4 is 23.9 Å². The molecule has 6 nitrogen and oxygen atoms in total. The van der Waals surface area contributed by atoms with Crippen molar-refractivity contribution in [3.63, 3.8) is 0 Å². The fourth-order valence-corrected chi connectivity index (χ4v) is 4.06. The third-order valence-electron chi connectivity index (χ3n) is 5.48. The van der Waals surface area contributed by atoms with Gasteiger partial charge in [0, 0.05) is 32.6 Å². The van der Waals surface area contributed by atoms with Gasteiger partial charge < -0.3 is 14.9 Å². The third-order valence-corrected chi connectivity index (χ3v) is 5.48. The van der Waals surface area contributed by atoms with Crippen LogP contribution in [0.1, 0.15) is 56.2 Å². The maximum absolute atomic E-state index is 13.0. The number of carboxylic acids is 1. The Morgan fingerprint density at radius 2 is 2.00 bits per heavy atom. The monoisotopic (exact) mass is 370 g/mol. The highest BCUT2D eigenvalue weighted by Gasteiger charge is 2.31. The van der Waals surface area contributed by atoms with E-state index in [4.69, 9.17) is 5.11 Å². The van der Waals surface area contributed by atoms with Crippen LogP contribution >= 0.6 is 0 Å². The number of piperidine rings is 1. The lowest BCUT2D eigenvalue weighted by molar-refractivity contribution is -0.137. The summed E-state index contributed by atoms with van der Waals surface area (Å²) in [6.45, 7) is 2.82. The molecule has 0 aromatic heterocycles. The van der Waals surface area contributed by atoms with Gasteiger partial charge in [0.05, 0.1) is 12.5 Å². The van der Waals surface area contributed by atoms with Crippen molar-refractivity contribution in [2.24, 2.45) is 5.92 Å². The van der Waals surface area contributed by atoms with Gasteiger partial charge >= 0.3 is 5.97 Å². The van der Waals surface area contributed by atoms with Gasteiger partial charge in [-0.25, -0.2) is 0 Å². The van der Waals surface area contributed by atoms with Crippen LogP contribution < -0.4 is 0 Å². The molecule has 2 unspecified atom stereocenters. The molecule has 2 aliphatic rings. The molecule has 1 fully saturated rings. The molecule has 1 N–H and O–H groups in total. The predicted octanol–water partition coefficient (Wildman–Crippen LogP) is 3.05. The quantitative estimate of drug-likeness (QED) is 0.864. The standard InChI is InChI=1S/C21H26N2O4/c1-15(24)23-12-10-17-6-2-3-7-18(17)19(23)13-20(25)22-11-4-5-16(14-22)8-9-21(26)27/h2-3,6-7,10,12,16,19H,4-5,8-9,11,13-14H2,1H3,(H,26,27). The molecule has 2 atom stereocenters. The predicted molar refractivity (Wildman–Crippen MR) is 102 cm³/mol. The maximum Gasteiger partial charge on any atom is 0.303 e. The van der Waals surface area contributed by atoms with Crippen LogP contribution in [0.2, 0.25) is 0 Å². The first kappa shape index (κ1) is 19.1. The van der Waals surface area contributed by atoms with Crippen molar-refractivity contribution in [3.05, 3.63) is 41.6 Å². The van der Waals surface area contributed by atoms with E-state index in [0.29, 0.717) is 19.5 Å². The van der Waals surface area contributed by atoms with Crippen LogP contribution in [0, 0.1) is 5.92 Å². The summed E-state index contributed by atoms with van der Waals surface area (Å²) in [7, 11) is 0. The molecule has 0 spiro atoms. The van der Waals surface area contributed by atoms with Crippen LogP contribution in [0.25, 0.3) is 6.08 Å². The zero-order valence-corrected chi connectivity index (χ0v) is 15.6. The van der Waals surface area contributed by atoms with Gasteiger partial charge in [0.15, 0.2) is 0 Å². The lowest BCUT2D eigenvalue weighted by Gasteiger charge is -2.36. The number of carboxylic acid groups (broad SMARTS) is 1. The minimum absolute atomic E-state index is 0.0244. The van der Waals surface area contributed by atoms with Crippen LogP contribution in [0.3, 0.4) is 0 Å². The smallest absolute Gasteiger partial charge is 0.303 e. The van der Waals surface area contributed by atoms with E-state index < -0.39 is 5.97 Å². The van der Waals surface area contributed by atoms with Crippen LogP contribution in [-0.2, 0) is 14.4 Å². The normalized spacial score (nSPS) is 21.7. The van der Waals surface area contributed by atoms with E-state index in [1.165, 1.54) is 6.92 Å². The van der Waals surface area contributed by atoms with E-state index in [1.54, 1.807) is 11.1 Å². The lowest BCUT2D eigenvalue weighted by atomic mass is 9.91. The number of fused-ring (bicyclic) bond motifs is 1. The largest absolute Gasteiger partial charge is 0.481 e. The average molecular weight is 370 g/mol. The molecule has 0 aliphatic carbocycles. The second kappa shape index (κ2) is 8.37. The number of likely N-dealkylation sites (tertiary alicyclic amines) is 1. The second-order valence-corrected chi connectivity index (χ2v) is 7.37. The Labute approximate surface area is 159 Å². The molecular weight excluding hydrogens is 344 g/mol. The molecule has 0 saturated carbocycles. The van der Waals surface area contributed by atoms with Crippen molar-refractivity contribution in [1.29, 1.82) is 0 Å². The Morgan fingerprint density at radius 1 is 1.22 bits per heavy atom. The third kappa shape index (κ3) is 4.56. The topological polar surface area (TPSA) is 77.9 Å². The summed E-state index contributed by atoms with van der Waals surface area (Å²) in [6.07, 6.45) is 6.51. The second-order valence-electron chi connectivity index (χ2n) is 7.37. The number of carbonyl (C=O) groups excluding carboxylic acids is 2. The molecule has 0 radical (unpaired) electrons. The number of hydrogen-bond acceptors (Lipinski definition) is 3. The molecule has 1 saturated heterocycles. The van der Waals surface area contributed by atoms with E-state index >= 15 is 0 Å². The van der Waals surface area contributed by atoms with Gasteiger partial charge in [-0.15, -0.1) is 0 Å². The van der Waals surface area contributed by atoms with Gasteiger partial charge in [-0.2, -0.15) is 0 Å². The molecule has 1 aromatic rings.